The molecule has 3 rings (SSSR count). The molecule has 0 bridgehead atoms. The highest BCUT2D eigenvalue weighted by atomic mass is 16.5. The first-order valence-corrected chi connectivity index (χ1v) is 8.48. The maximum Gasteiger partial charge on any atom is 0.165 e. The molecule has 140 valence electrons. The van der Waals surface area contributed by atoms with Crippen LogP contribution in [0.3, 0.4) is 0 Å². The van der Waals surface area contributed by atoms with E-state index in [1.54, 1.807) is 31.4 Å². The van der Waals surface area contributed by atoms with E-state index in [9.17, 15) is 15.3 Å². The molecule has 0 saturated carbocycles. The van der Waals surface area contributed by atoms with Gasteiger partial charge >= 0.3 is 0 Å². The molecule has 2 aromatic carbocycles. The molecule has 0 spiro atoms. The first-order valence-electron chi connectivity index (χ1n) is 8.48. The zero-order valence-electron chi connectivity index (χ0n) is 15.3. The van der Waals surface area contributed by atoms with E-state index in [-0.39, 0.29) is 17.8 Å². The fourth-order valence-electron chi connectivity index (χ4n) is 3.33. The van der Waals surface area contributed by atoms with Crippen LogP contribution in [-0.2, 0) is 0 Å². The molecule has 26 heavy (non-hydrogen) atoms. The lowest BCUT2D eigenvalue weighted by Crippen LogP contribution is -2.14. The minimum absolute atomic E-state index is 0.0192. The molecular weight excluding hydrogens is 336 g/mol. The van der Waals surface area contributed by atoms with E-state index in [1.807, 2.05) is 13.0 Å². The highest BCUT2D eigenvalue weighted by Crippen LogP contribution is 2.51. The van der Waals surface area contributed by atoms with Gasteiger partial charge in [0.25, 0.3) is 0 Å². The standard InChI is InChI=1S/C20H24O6/c1-10-14-7-13(18(23)11(2)21)9-17(25-4)20(14)26-19(10)12-5-6-15(22)16(8-12)24-3/h5-11,18-19,21-23H,1-4H3/t10-,11-,18+,19-/m1/s1. The second-order valence-electron chi connectivity index (χ2n) is 6.59. The summed E-state index contributed by atoms with van der Waals surface area (Å²) in [6, 6.07) is 8.65. The highest BCUT2D eigenvalue weighted by molar-refractivity contribution is 5.56. The minimum atomic E-state index is -1.01. The molecule has 6 heteroatoms. The van der Waals surface area contributed by atoms with Crippen LogP contribution in [0.2, 0.25) is 0 Å². The molecule has 0 unspecified atom stereocenters. The van der Waals surface area contributed by atoms with E-state index in [0.717, 1.165) is 11.1 Å². The van der Waals surface area contributed by atoms with Gasteiger partial charge in [-0.2, -0.15) is 0 Å². The van der Waals surface area contributed by atoms with Gasteiger partial charge in [0.05, 0.1) is 20.3 Å². The van der Waals surface area contributed by atoms with Crippen molar-refractivity contribution >= 4 is 0 Å². The van der Waals surface area contributed by atoms with Crippen molar-refractivity contribution in [2.75, 3.05) is 14.2 Å². The number of ether oxygens (including phenoxy) is 3. The second kappa shape index (κ2) is 7.05. The van der Waals surface area contributed by atoms with Gasteiger partial charge in [0.15, 0.2) is 23.0 Å². The first kappa shape index (κ1) is 18.4. The number of aliphatic hydroxyl groups is 2. The normalized spacial score (nSPS) is 20.8. The molecule has 0 saturated heterocycles. The van der Waals surface area contributed by atoms with Crippen molar-refractivity contribution < 1.29 is 29.5 Å². The Kier molecular flexibility index (Phi) is 4.98. The monoisotopic (exact) mass is 360 g/mol. The number of phenolic OH excluding ortho intramolecular Hbond substituents is 1. The molecule has 0 aromatic heterocycles. The quantitative estimate of drug-likeness (QED) is 0.759. The molecule has 1 aliphatic rings. The van der Waals surface area contributed by atoms with E-state index in [0.29, 0.717) is 22.8 Å². The van der Waals surface area contributed by atoms with Crippen molar-refractivity contribution in [3.8, 4) is 23.0 Å². The molecule has 4 atom stereocenters. The lowest BCUT2D eigenvalue weighted by molar-refractivity contribution is 0.0304. The summed E-state index contributed by atoms with van der Waals surface area (Å²) in [6.45, 7) is 3.56. The van der Waals surface area contributed by atoms with Gasteiger partial charge in [-0.15, -0.1) is 0 Å². The molecule has 3 N–H and O–H groups in total. The van der Waals surface area contributed by atoms with E-state index in [2.05, 4.69) is 0 Å². The number of rotatable bonds is 5. The molecule has 1 aliphatic heterocycles. The summed E-state index contributed by atoms with van der Waals surface area (Å²) in [5, 5.41) is 29.7. The van der Waals surface area contributed by atoms with Gasteiger partial charge in [0.2, 0.25) is 0 Å². The SMILES string of the molecule is COc1cc([C@@H]2Oc3c(OC)cc([C@@H](O)[C@@H](C)O)cc3[C@H]2C)ccc1O. The maximum absolute atomic E-state index is 10.2. The third kappa shape index (κ3) is 3.06. The summed E-state index contributed by atoms with van der Waals surface area (Å²) in [5.41, 5.74) is 2.34. The Morgan fingerprint density at radius 3 is 2.35 bits per heavy atom. The van der Waals surface area contributed by atoms with Crippen LogP contribution in [-0.4, -0.2) is 35.6 Å². The number of hydrogen-bond donors (Lipinski definition) is 3. The van der Waals surface area contributed by atoms with Crippen LogP contribution in [0.4, 0.5) is 0 Å². The van der Waals surface area contributed by atoms with Crippen molar-refractivity contribution in [1.29, 1.82) is 0 Å². The average Bonchev–Trinajstić information content (AvgIpc) is 2.97. The Balaban J connectivity index is 2.02. The predicted octanol–water partition coefficient (Wildman–Crippen LogP) is 3.06. The molecule has 2 aromatic rings. The van der Waals surface area contributed by atoms with Gasteiger partial charge in [-0.25, -0.2) is 0 Å². The zero-order valence-corrected chi connectivity index (χ0v) is 15.3. The molecule has 0 amide bonds. The molecular formula is C20H24O6. The predicted molar refractivity (Wildman–Crippen MR) is 96.1 cm³/mol. The van der Waals surface area contributed by atoms with Gasteiger partial charge in [-0.05, 0) is 42.3 Å². The number of phenols is 1. The molecule has 6 nitrogen and oxygen atoms in total. The van der Waals surface area contributed by atoms with Gasteiger partial charge in [-0.1, -0.05) is 13.0 Å². The summed E-state index contributed by atoms with van der Waals surface area (Å²) in [6.07, 6.45) is -2.19. The van der Waals surface area contributed by atoms with Crippen LogP contribution in [0, 0.1) is 0 Å². The van der Waals surface area contributed by atoms with Crippen LogP contribution in [0.1, 0.15) is 48.7 Å². The van der Waals surface area contributed by atoms with Crippen LogP contribution < -0.4 is 14.2 Å². The van der Waals surface area contributed by atoms with E-state index in [4.69, 9.17) is 14.2 Å². The summed E-state index contributed by atoms with van der Waals surface area (Å²) < 4.78 is 16.8. The van der Waals surface area contributed by atoms with Crippen molar-refractivity contribution in [1.82, 2.24) is 0 Å². The molecule has 0 aliphatic carbocycles. The van der Waals surface area contributed by atoms with Gasteiger partial charge in [0.1, 0.15) is 12.2 Å². The smallest absolute Gasteiger partial charge is 0.165 e. The largest absolute Gasteiger partial charge is 0.504 e. The average molecular weight is 360 g/mol. The van der Waals surface area contributed by atoms with Crippen molar-refractivity contribution in [2.45, 2.75) is 38.1 Å². The number of methoxy groups -OCH3 is 2. The summed E-state index contributed by atoms with van der Waals surface area (Å²) in [4.78, 5) is 0. The number of hydrogen-bond acceptors (Lipinski definition) is 6. The summed E-state index contributed by atoms with van der Waals surface area (Å²) >= 11 is 0. The first-order chi connectivity index (χ1) is 12.4. The van der Waals surface area contributed by atoms with Crippen LogP contribution in [0.25, 0.3) is 0 Å². The maximum atomic E-state index is 10.2. The highest BCUT2D eigenvalue weighted by Gasteiger charge is 2.36. The van der Waals surface area contributed by atoms with Crippen molar-refractivity contribution in [3.63, 3.8) is 0 Å². The lowest BCUT2D eigenvalue weighted by atomic mass is 9.90. The van der Waals surface area contributed by atoms with Crippen LogP contribution in [0.15, 0.2) is 30.3 Å². The Morgan fingerprint density at radius 1 is 1.04 bits per heavy atom. The zero-order chi connectivity index (χ0) is 19.0. The van der Waals surface area contributed by atoms with Crippen molar-refractivity contribution in [2.24, 2.45) is 0 Å². The van der Waals surface area contributed by atoms with E-state index < -0.39 is 12.2 Å². The minimum Gasteiger partial charge on any atom is -0.504 e. The van der Waals surface area contributed by atoms with Crippen LogP contribution in [0.5, 0.6) is 23.0 Å². The van der Waals surface area contributed by atoms with Crippen LogP contribution >= 0.6 is 0 Å². The van der Waals surface area contributed by atoms with E-state index >= 15 is 0 Å². The number of aromatic hydroxyl groups is 1. The third-order valence-electron chi connectivity index (χ3n) is 4.85. The summed E-state index contributed by atoms with van der Waals surface area (Å²) in [5.74, 6) is 1.57. The fraction of sp³-hybridized carbons (Fsp3) is 0.400. The number of fused-ring (bicyclic) bond motifs is 1. The van der Waals surface area contributed by atoms with Gasteiger partial charge in [0, 0.05) is 11.5 Å². The number of benzene rings is 2. The topological polar surface area (TPSA) is 88.4 Å². The molecule has 0 fully saturated rings. The van der Waals surface area contributed by atoms with Crippen molar-refractivity contribution in [3.05, 3.63) is 47.0 Å². The lowest BCUT2D eigenvalue weighted by Gasteiger charge is -2.17. The van der Waals surface area contributed by atoms with Gasteiger partial charge in [-0.3, -0.25) is 0 Å². The Labute approximate surface area is 152 Å². The Morgan fingerprint density at radius 2 is 1.73 bits per heavy atom. The fourth-order valence-corrected chi connectivity index (χ4v) is 3.33. The second-order valence-corrected chi connectivity index (χ2v) is 6.59. The molecule has 1 heterocycles. The third-order valence-corrected chi connectivity index (χ3v) is 4.85. The Bertz CT molecular complexity index is 801. The Hall–Kier alpha value is -2.44. The van der Waals surface area contributed by atoms with E-state index in [1.165, 1.54) is 14.0 Å². The number of aliphatic hydroxyl groups excluding tert-OH is 2. The van der Waals surface area contributed by atoms with Gasteiger partial charge < -0.3 is 29.5 Å². The molecule has 0 radical (unpaired) electrons. The summed E-state index contributed by atoms with van der Waals surface area (Å²) in [7, 11) is 3.04.